The van der Waals surface area contributed by atoms with Crippen molar-refractivity contribution in [3.8, 4) is 0 Å². The molecule has 0 aromatic carbocycles. The summed E-state index contributed by atoms with van der Waals surface area (Å²) in [4.78, 5) is 0. The summed E-state index contributed by atoms with van der Waals surface area (Å²) in [5.74, 6) is -0.796. The third kappa shape index (κ3) is 2.52. The molecular formula is C10H12F3N5. The standard InChI is InChI=1S/C10H12F3N5/c1-9(2,3)14-6-4-5-7-15-16-8(10(11,12)13)18(7)17-6/h4-5H,1-3H3,(H,14,17). The molecule has 0 atom stereocenters. The average molecular weight is 259 g/mol. The number of nitrogens with one attached hydrogen (secondary N) is 1. The molecule has 18 heavy (non-hydrogen) atoms. The van der Waals surface area contributed by atoms with Crippen molar-refractivity contribution in [2.45, 2.75) is 32.5 Å². The van der Waals surface area contributed by atoms with Crippen LogP contribution in [-0.4, -0.2) is 25.4 Å². The lowest BCUT2D eigenvalue weighted by Gasteiger charge is -2.21. The van der Waals surface area contributed by atoms with Crippen LogP contribution in [0.2, 0.25) is 0 Å². The molecule has 0 aliphatic heterocycles. The number of aromatic nitrogens is 4. The molecule has 0 fully saturated rings. The Kier molecular flexibility index (Phi) is 2.67. The molecule has 0 bridgehead atoms. The SMILES string of the molecule is CC(C)(C)Nc1ccc2nnc(C(F)(F)F)n2n1. The van der Waals surface area contributed by atoms with Crippen LogP contribution in [0.3, 0.4) is 0 Å². The van der Waals surface area contributed by atoms with Crippen LogP contribution in [0.5, 0.6) is 0 Å². The largest absolute Gasteiger partial charge is 0.453 e. The molecule has 0 saturated heterocycles. The number of alkyl halides is 3. The van der Waals surface area contributed by atoms with E-state index in [2.05, 4.69) is 20.6 Å². The second-order valence-electron chi connectivity index (χ2n) is 4.88. The fourth-order valence-corrected chi connectivity index (χ4v) is 1.42. The Morgan fingerprint density at radius 1 is 1.11 bits per heavy atom. The van der Waals surface area contributed by atoms with Gasteiger partial charge in [-0.2, -0.15) is 17.7 Å². The highest BCUT2D eigenvalue weighted by Gasteiger charge is 2.37. The van der Waals surface area contributed by atoms with E-state index >= 15 is 0 Å². The fourth-order valence-electron chi connectivity index (χ4n) is 1.42. The Labute approximate surface area is 101 Å². The zero-order chi connectivity index (χ0) is 13.6. The van der Waals surface area contributed by atoms with Gasteiger partial charge in [0.15, 0.2) is 5.65 Å². The first-order chi connectivity index (χ1) is 8.17. The van der Waals surface area contributed by atoms with Crippen molar-refractivity contribution in [3.63, 3.8) is 0 Å². The molecule has 0 amide bonds. The average Bonchev–Trinajstić information content (AvgIpc) is 2.56. The van der Waals surface area contributed by atoms with E-state index in [1.54, 1.807) is 6.07 Å². The Morgan fingerprint density at radius 3 is 2.33 bits per heavy atom. The van der Waals surface area contributed by atoms with E-state index in [0.29, 0.717) is 10.3 Å². The van der Waals surface area contributed by atoms with Crippen LogP contribution in [0.1, 0.15) is 26.6 Å². The predicted molar refractivity (Wildman–Crippen MR) is 59.2 cm³/mol. The van der Waals surface area contributed by atoms with Gasteiger partial charge in [-0.3, -0.25) is 0 Å². The third-order valence-electron chi connectivity index (χ3n) is 2.02. The summed E-state index contributed by atoms with van der Waals surface area (Å²) in [5, 5.41) is 13.4. The number of halogens is 3. The van der Waals surface area contributed by atoms with Gasteiger partial charge < -0.3 is 5.32 Å². The molecule has 8 heteroatoms. The Hall–Kier alpha value is -1.86. The van der Waals surface area contributed by atoms with Gasteiger partial charge in [-0.15, -0.1) is 15.3 Å². The zero-order valence-electron chi connectivity index (χ0n) is 10.1. The van der Waals surface area contributed by atoms with Crippen molar-refractivity contribution >= 4 is 11.5 Å². The molecule has 2 rings (SSSR count). The lowest BCUT2D eigenvalue weighted by Crippen LogP contribution is -2.27. The lowest BCUT2D eigenvalue weighted by molar-refractivity contribution is -0.146. The van der Waals surface area contributed by atoms with Crippen molar-refractivity contribution in [1.29, 1.82) is 0 Å². The van der Waals surface area contributed by atoms with Crippen molar-refractivity contribution < 1.29 is 13.2 Å². The summed E-state index contributed by atoms with van der Waals surface area (Å²) in [6.45, 7) is 5.65. The second-order valence-corrected chi connectivity index (χ2v) is 4.88. The number of hydrogen-bond acceptors (Lipinski definition) is 4. The molecule has 0 aliphatic rings. The van der Waals surface area contributed by atoms with Gasteiger partial charge >= 0.3 is 6.18 Å². The van der Waals surface area contributed by atoms with Gasteiger partial charge in [0, 0.05) is 5.54 Å². The van der Waals surface area contributed by atoms with E-state index in [1.165, 1.54) is 6.07 Å². The van der Waals surface area contributed by atoms with Gasteiger partial charge in [0.25, 0.3) is 5.82 Å². The minimum absolute atomic E-state index is 0.0572. The zero-order valence-corrected chi connectivity index (χ0v) is 10.1. The first-order valence-electron chi connectivity index (χ1n) is 5.25. The maximum atomic E-state index is 12.6. The highest BCUT2D eigenvalue weighted by atomic mass is 19.4. The van der Waals surface area contributed by atoms with E-state index in [4.69, 9.17) is 0 Å². The van der Waals surface area contributed by atoms with E-state index in [0.717, 1.165) is 0 Å². The maximum absolute atomic E-state index is 12.6. The molecule has 0 unspecified atom stereocenters. The second kappa shape index (κ2) is 3.82. The number of fused-ring (bicyclic) bond motifs is 1. The highest BCUT2D eigenvalue weighted by molar-refractivity contribution is 5.45. The van der Waals surface area contributed by atoms with Crippen LogP contribution in [0.4, 0.5) is 19.0 Å². The molecule has 0 saturated carbocycles. The van der Waals surface area contributed by atoms with Gasteiger partial charge in [-0.25, -0.2) is 0 Å². The number of rotatable bonds is 1. The molecule has 0 radical (unpaired) electrons. The Bertz CT molecular complexity index is 567. The molecule has 1 N–H and O–H groups in total. The maximum Gasteiger partial charge on any atom is 0.453 e. The number of nitrogens with zero attached hydrogens (tertiary/aromatic N) is 4. The van der Waals surface area contributed by atoms with Crippen molar-refractivity contribution in [2.24, 2.45) is 0 Å². The van der Waals surface area contributed by atoms with Crippen LogP contribution in [0, 0.1) is 0 Å². The summed E-state index contributed by atoms with van der Waals surface area (Å²) in [6.07, 6.45) is -4.58. The van der Waals surface area contributed by atoms with Crippen molar-refractivity contribution in [1.82, 2.24) is 19.8 Å². The number of hydrogen-bond donors (Lipinski definition) is 1. The number of anilines is 1. The minimum atomic E-state index is -4.58. The van der Waals surface area contributed by atoms with Gasteiger partial charge in [-0.05, 0) is 32.9 Å². The van der Waals surface area contributed by atoms with E-state index in [9.17, 15) is 13.2 Å². The monoisotopic (exact) mass is 259 g/mol. The molecule has 2 aromatic heterocycles. The molecule has 0 aliphatic carbocycles. The predicted octanol–water partition coefficient (Wildman–Crippen LogP) is 2.35. The summed E-state index contributed by atoms with van der Waals surface area (Å²) in [6, 6.07) is 3.00. The summed E-state index contributed by atoms with van der Waals surface area (Å²) in [5.41, 5.74) is -0.241. The van der Waals surface area contributed by atoms with Gasteiger partial charge in [0.05, 0.1) is 0 Å². The van der Waals surface area contributed by atoms with Crippen molar-refractivity contribution in [3.05, 3.63) is 18.0 Å². The third-order valence-corrected chi connectivity index (χ3v) is 2.02. The molecular weight excluding hydrogens is 247 g/mol. The molecule has 0 spiro atoms. The van der Waals surface area contributed by atoms with E-state index in [1.807, 2.05) is 20.8 Å². The van der Waals surface area contributed by atoms with Crippen LogP contribution in [-0.2, 0) is 6.18 Å². The smallest absolute Gasteiger partial charge is 0.364 e. The van der Waals surface area contributed by atoms with Gasteiger partial charge in [-0.1, -0.05) is 0 Å². The first-order valence-corrected chi connectivity index (χ1v) is 5.25. The summed E-state index contributed by atoms with van der Waals surface area (Å²) >= 11 is 0. The quantitative estimate of drug-likeness (QED) is 0.854. The molecule has 2 heterocycles. The molecule has 2 aromatic rings. The van der Waals surface area contributed by atoms with E-state index in [-0.39, 0.29) is 11.2 Å². The fraction of sp³-hybridized carbons (Fsp3) is 0.500. The van der Waals surface area contributed by atoms with Gasteiger partial charge in [0.1, 0.15) is 5.82 Å². The van der Waals surface area contributed by atoms with Crippen LogP contribution >= 0.6 is 0 Å². The normalized spacial score (nSPS) is 13.0. The molecule has 98 valence electrons. The van der Waals surface area contributed by atoms with E-state index < -0.39 is 12.0 Å². The first kappa shape index (κ1) is 12.6. The van der Waals surface area contributed by atoms with Crippen LogP contribution in [0.25, 0.3) is 5.65 Å². The summed E-state index contributed by atoms with van der Waals surface area (Å²) < 4.78 is 38.6. The van der Waals surface area contributed by atoms with Crippen LogP contribution in [0.15, 0.2) is 12.1 Å². The van der Waals surface area contributed by atoms with Crippen molar-refractivity contribution in [2.75, 3.05) is 5.32 Å². The minimum Gasteiger partial charge on any atom is -0.364 e. The topological polar surface area (TPSA) is 55.1 Å². The van der Waals surface area contributed by atoms with Crippen LogP contribution < -0.4 is 5.32 Å². The van der Waals surface area contributed by atoms with Gasteiger partial charge in [0.2, 0.25) is 0 Å². The Balaban J connectivity index is 2.49. The summed E-state index contributed by atoms with van der Waals surface area (Å²) in [7, 11) is 0. The lowest BCUT2D eigenvalue weighted by atomic mass is 10.1. The highest BCUT2D eigenvalue weighted by Crippen LogP contribution is 2.27. The molecule has 5 nitrogen and oxygen atoms in total. The Morgan fingerprint density at radius 2 is 1.78 bits per heavy atom.